The number of amidine groups is 1. The number of aromatic nitrogens is 1. The van der Waals surface area contributed by atoms with Crippen LogP contribution in [-0.2, 0) is 9.59 Å². The van der Waals surface area contributed by atoms with E-state index in [1.54, 1.807) is 36.8 Å². The van der Waals surface area contributed by atoms with Crippen LogP contribution in [0.3, 0.4) is 0 Å². The van der Waals surface area contributed by atoms with Crippen LogP contribution < -0.4 is 5.32 Å². The molecule has 1 aromatic heterocycles. The fraction of sp³-hybridized carbons (Fsp3) is 0.200. The minimum absolute atomic E-state index is 0.00751. The Hall–Kier alpha value is -1.61. The molecule has 25 heavy (non-hydrogen) atoms. The molecule has 6 nitrogen and oxygen atoms in total. The zero-order chi connectivity index (χ0) is 18.0. The van der Waals surface area contributed by atoms with Crippen molar-refractivity contribution in [2.75, 3.05) is 12.4 Å². The van der Waals surface area contributed by atoms with Gasteiger partial charge >= 0.3 is 0 Å². The number of hydrogen-bond acceptors (Lipinski definition) is 6. The van der Waals surface area contributed by atoms with Gasteiger partial charge in [0.05, 0.1) is 15.7 Å². The SMILES string of the molecule is CN1C(=O)C(CC(=O)Nc2cccc(Cl)c2Cl)SC1=Nc1nccs1. The monoisotopic (exact) mass is 414 g/mol. The first-order valence-electron chi connectivity index (χ1n) is 7.12. The fourth-order valence-electron chi connectivity index (χ4n) is 2.12. The number of carbonyl (C=O) groups is 2. The molecule has 2 heterocycles. The normalized spacial score (nSPS) is 18.8. The van der Waals surface area contributed by atoms with E-state index < -0.39 is 5.25 Å². The fourth-order valence-corrected chi connectivity index (χ4v) is 4.17. The quantitative estimate of drug-likeness (QED) is 0.818. The van der Waals surface area contributed by atoms with Gasteiger partial charge < -0.3 is 5.32 Å². The third kappa shape index (κ3) is 4.14. The number of nitrogens with one attached hydrogen (secondary N) is 1. The van der Waals surface area contributed by atoms with Gasteiger partial charge in [0.15, 0.2) is 5.17 Å². The molecule has 0 aliphatic carbocycles. The molecular formula is C15H12Cl2N4O2S2. The standard InChI is InChI=1S/C15H12Cl2N4O2S2/c1-21-13(23)10(25-15(21)20-14-18-5-6-24-14)7-11(22)19-9-4-2-3-8(16)12(9)17/h2-6,10H,7H2,1H3,(H,19,22). The van der Waals surface area contributed by atoms with Crippen LogP contribution in [0.4, 0.5) is 10.8 Å². The minimum atomic E-state index is -0.540. The molecule has 0 saturated carbocycles. The van der Waals surface area contributed by atoms with Gasteiger partial charge in [-0.05, 0) is 12.1 Å². The van der Waals surface area contributed by atoms with Gasteiger partial charge in [-0.1, -0.05) is 41.0 Å². The van der Waals surface area contributed by atoms with Crippen LogP contribution in [-0.4, -0.2) is 39.2 Å². The predicted molar refractivity (Wildman–Crippen MR) is 103 cm³/mol. The van der Waals surface area contributed by atoms with E-state index in [1.807, 2.05) is 0 Å². The molecule has 1 aliphatic heterocycles. The molecule has 2 aromatic rings. The second-order valence-electron chi connectivity index (χ2n) is 5.07. The molecule has 1 unspecified atom stereocenters. The lowest BCUT2D eigenvalue weighted by molar-refractivity contribution is -0.127. The van der Waals surface area contributed by atoms with Gasteiger partial charge in [0.1, 0.15) is 5.25 Å². The van der Waals surface area contributed by atoms with Gasteiger partial charge in [0, 0.05) is 25.0 Å². The maximum atomic E-state index is 12.3. The molecule has 2 amide bonds. The lowest BCUT2D eigenvalue weighted by atomic mass is 10.2. The van der Waals surface area contributed by atoms with E-state index in [1.165, 1.54) is 28.0 Å². The van der Waals surface area contributed by atoms with Gasteiger partial charge in [-0.15, -0.1) is 11.3 Å². The van der Waals surface area contributed by atoms with Crippen molar-refractivity contribution in [3.63, 3.8) is 0 Å². The van der Waals surface area contributed by atoms with Crippen LogP contribution in [0.5, 0.6) is 0 Å². The first-order chi connectivity index (χ1) is 12.0. The molecule has 3 rings (SSSR count). The smallest absolute Gasteiger partial charge is 0.242 e. The van der Waals surface area contributed by atoms with Gasteiger partial charge in [0.25, 0.3) is 0 Å². The summed E-state index contributed by atoms with van der Waals surface area (Å²) in [4.78, 5) is 34.4. The molecule has 0 bridgehead atoms. The van der Waals surface area contributed by atoms with Crippen LogP contribution in [0.1, 0.15) is 6.42 Å². The van der Waals surface area contributed by atoms with Crippen molar-refractivity contribution in [2.24, 2.45) is 4.99 Å². The third-order valence-corrected chi connectivity index (χ3v) is 6.06. The summed E-state index contributed by atoms with van der Waals surface area (Å²) >= 11 is 14.6. The van der Waals surface area contributed by atoms with Crippen molar-refractivity contribution in [3.8, 4) is 0 Å². The molecule has 1 aliphatic rings. The Morgan fingerprint density at radius 2 is 2.24 bits per heavy atom. The molecule has 1 aromatic carbocycles. The van der Waals surface area contributed by atoms with Crippen LogP contribution in [0.15, 0.2) is 34.8 Å². The second-order valence-corrected chi connectivity index (χ2v) is 7.89. The number of hydrogen-bond donors (Lipinski definition) is 1. The van der Waals surface area contributed by atoms with Crippen molar-refractivity contribution >= 4 is 74.1 Å². The highest BCUT2D eigenvalue weighted by Gasteiger charge is 2.37. The number of anilines is 1. The van der Waals surface area contributed by atoms with E-state index in [2.05, 4.69) is 15.3 Å². The van der Waals surface area contributed by atoms with E-state index in [0.29, 0.717) is 21.0 Å². The Labute approximate surface area is 162 Å². The summed E-state index contributed by atoms with van der Waals surface area (Å²) < 4.78 is 0. The number of benzene rings is 1. The van der Waals surface area contributed by atoms with Gasteiger partial charge in [0.2, 0.25) is 16.9 Å². The molecule has 1 saturated heterocycles. The molecule has 10 heteroatoms. The Morgan fingerprint density at radius 1 is 1.44 bits per heavy atom. The van der Waals surface area contributed by atoms with Crippen LogP contribution in [0, 0.1) is 0 Å². The van der Waals surface area contributed by atoms with Crippen LogP contribution in [0.2, 0.25) is 10.0 Å². The predicted octanol–water partition coefficient (Wildman–Crippen LogP) is 4.04. The third-order valence-electron chi connectivity index (χ3n) is 3.35. The number of rotatable bonds is 4. The highest BCUT2D eigenvalue weighted by atomic mass is 35.5. The van der Waals surface area contributed by atoms with E-state index >= 15 is 0 Å². The van der Waals surface area contributed by atoms with Crippen molar-refractivity contribution in [2.45, 2.75) is 11.7 Å². The lowest BCUT2D eigenvalue weighted by Crippen LogP contribution is -2.30. The van der Waals surface area contributed by atoms with E-state index in [9.17, 15) is 9.59 Å². The van der Waals surface area contributed by atoms with Crippen LogP contribution in [0.25, 0.3) is 0 Å². The van der Waals surface area contributed by atoms with Crippen molar-refractivity contribution in [1.82, 2.24) is 9.88 Å². The number of nitrogens with zero attached hydrogens (tertiary/aromatic N) is 3. The maximum absolute atomic E-state index is 12.3. The van der Waals surface area contributed by atoms with E-state index in [-0.39, 0.29) is 23.3 Å². The molecule has 1 fully saturated rings. The summed E-state index contributed by atoms with van der Waals surface area (Å²) in [6.45, 7) is 0. The van der Waals surface area contributed by atoms with Gasteiger partial charge in [-0.3, -0.25) is 14.5 Å². The average Bonchev–Trinajstić information content (AvgIpc) is 3.17. The summed E-state index contributed by atoms with van der Waals surface area (Å²) in [5, 5.41) is 5.66. The summed E-state index contributed by atoms with van der Waals surface area (Å²) in [6.07, 6.45) is 1.65. The zero-order valence-corrected chi connectivity index (χ0v) is 16.0. The zero-order valence-electron chi connectivity index (χ0n) is 12.9. The topological polar surface area (TPSA) is 74.7 Å². The summed E-state index contributed by atoms with van der Waals surface area (Å²) in [7, 11) is 1.63. The number of thioether (sulfide) groups is 1. The largest absolute Gasteiger partial charge is 0.325 e. The highest BCUT2D eigenvalue weighted by Crippen LogP contribution is 2.32. The van der Waals surface area contributed by atoms with Crippen molar-refractivity contribution in [1.29, 1.82) is 0 Å². The molecule has 0 spiro atoms. The molecule has 130 valence electrons. The van der Waals surface area contributed by atoms with Crippen molar-refractivity contribution in [3.05, 3.63) is 39.8 Å². The lowest BCUT2D eigenvalue weighted by Gasteiger charge is -2.10. The number of carbonyl (C=O) groups excluding carboxylic acids is 2. The number of halogens is 2. The van der Waals surface area contributed by atoms with Gasteiger partial charge in [-0.25, -0.2) is 4.98 Å². The molecule has 1 N–H and O–H groups in total. The highest BCUT2D eigenvalue weighted by molar-refractivity contribution is 8.15. The summed E-state index contributed by atoms with van der Waals surface area (Å²) in [5.74, 6) is -0.494. The van der Waals surface area contributed by atoms with Crippen molar-refractivity contribution < 1.29 is 9.59 Å². The molecule has 0 radical (unpaired) electrons. The average molecular weight is 415 g/mol. The molecular weight excluding hydrogens is 403 g/mol. The Morgan fingerprint density at radius 3 is 2.96 bits per heavy atom. The summed E-state index contributed by atoms with van der Waals surface area (Å²) in [5.41, 5.74) is 0.416. The van der Waals surface area contributed by atoms with E-state index in [0.717, 1.165) is 0 Å². The summed E-state index contributed by atoms with van der Waals surface area (Å²) in [6, 6.07) is 4.97. The number of thiazole rings is 1. The first kappa shape index (κ1) is 18.2. The Kier molecular flexibility index (Phi) is 5.63. The van der Waals surface area contributed by atoms with Gasteiger partial charge in [-0.2, -0.15) is 4.99 Å². The Balaban J connectivity index is 1.67. The second kappa shape index (κ2) is 7.74. The number of aliphatic imine (C=N–C) groups is 1. The first-order valence-corrected chi connectivity index (χ1v) is 9.63. The minimum Gasteiger partial charge on any atom is -0.325 e. The van der Waals surface area contributed by atoms with Crippen LogP contribution >= 0.6 is 46.3 Å². The molecule has 1 atom stereocenters. The van der Waals surface area contributed by atoms with E-state index in [4.69, 9.17) is 23.2 Å². The maximum Gasteiger partial charge on any atom is 0.242 e. The number of amides is 2. The Bertz CT molecular complexity index is 842.